The number of para-hydroxylation sites is 1. The molecule has 20 heavy (non-hydrogen) atoms. The Morgan fingerprint density at radius 3 is 2.15 bits per heavy atom. The van der Waals surface area contributed by atoms with Crippen LogP contribution in [0.5, 0.6) is 11.5 Å². The molecule has 0 saturated heterocycles. The zero-order chi connectivity index (χ0) is 14.9. The van der Waals surface area contributed by atoms with E-state index in [-0.39, 0.29) is 17.1 Å². The highest BCUT2D eigenvalue weighted by Crippen LogP contribution is 2.38. The summed E-state index contributed by atoms with van der Waals surface area (Å²) in [6.45, 7) is 3.78. The van der Waals surface area contributed by atoms with Crippen LogP contribution in [-0.4, -0.2) is 21.3 Å². The molecule has 0 radical (unpaired) electrons. The summed E-state index contributed by atoms with van der Waals surface area (Å²) in [6.07, 6.45) is 0. The second-order valence-corrected chi connectivity index (χ2v) is 5.18. The summed E-state index contributed by atoms with van der Waals surface area (Å²) < 4.78 is 0. The Kier molecular flexibility index (Phi) is 3.40. The number of carboxylic acid groups (broad SMARTS) is 1. The molecule has 0 aromatic heterocycles. The second-order valence-electron chi connectivity index (χ2n) is 5.18. The molecule has 0 saturated carbocycles. The van der Waals surface area contributed by atoms with Crippen LogP contribution in [0.4, 0.5) is 0 Å². The standard InChI is InChI=1S/C16H16O4/c1-16(2,10-6-8-11(17)9-7-10)13-5-3-4-12(14(13)18)15(19)20/h3-9,17-18H,1-2H3,(H,19,20). The molecule has 0 spiro atoms. The van der Waals surface area contributed by atoms with Crippen LogP contribution < -0.4 is 0 Å². The predicted octanol–water partition coefficient (Wildman–Crippen LogP) is 3.12. The number of phenolic OH excluding ortho intramolecular Hbond substituents is 1. The van der Waals surface area contributed by atoms with E-state index in [0.717, 1.165) is 5.56 Å². The van der Waals surface area contributed by atoms with Gasteiger partial charge >= 0.3 is 5.97 Å². The van der Waals surface area contributed by atoms with Crippen LogP contribution in [0.3, 0.4) is 0 Å². The van der Waals surface area contributed by atoms with Crippen LogP contribution in [0.1, 0.15) is 35.3 Å². The Bertz CT molecular complexity index is 642. The van der Waals surface area contributed by atoms with Crippen molar-refractivity contribution in [2.45, 2.75) is 19.3 Å². The van der Waals surface area contributed by atoms with Gasteiger partial charge in [-0.3, -0.25) is 0 Å². The number of phenols is 2. The minimum atomic E-state index is -1.16. The van der Waals surface area contributed by atoms with E-state index in [0.29, 0.717) is 5.56 Å². The number of carboxylic acids is 1. The molecule has 0 fully saturated rings. The van der Waals surface area contributed by atoms with E-state index in [4.69, 9.17) is 5.11 Å². The van der Waals surface area contributed by atoms with E-state index in [9.17, 15) is 15.0 Å². The molecule has 2 aromatic carbocycles. The molecule has 4 nitrogen and oxygen atoms in total. The van der Waals surface area contributed by atoms with Crippen LogP contribution in [0.25, 0.3) is 0 Å². The summed E-state index contributed by atoms with van der Waals surface area (Å²) in [5.41, 5.74) is 0.703. The Labute approximate surface area is 116 Å². The number of benzene rings is 2. The van der Waals surface area contributed by atoms with Crippen molar-refractivity contribution in [3.05, 3.63) is 59.2 Å². The van der Waals surface area contributed by atoms with Crippen molar-refractivity contribution in [1.29, 1.82) is 0 Å². The summed E-state index contributed by atoms with van der Waals surface area (Å²) >= 11 is 0. The molecule has 0 aliphatic heterocycles. The van der Waals surface area contributed by atoms with Crippen molar-refractivity contribution in [2.24, 2.45) is 0 Å². The van der Waals surface area contributed by atoms with Gasteiger partial charge in [0.1, 0.15) is 17.1 Å². The molecule has 0 unspecified atom stereocenters. The van der Waals surface area contributed by atoms with Crippen molar-refractivity contribution in [3.63, 3.8) is 0 Å². The maximum Gasteiger partial charge on any atom is 0.339 e. The summed E-state index contributed by atoms with van der Waals surface area (Å²) in [5, 5.41) is 28.6. The lowest BCUT2D eigenvalue weighted by Crippen LogP contribution is -2.19. The molecule has 0 heterocycles. The van der Waals surface area contributed by atoms with Gasteiger partial charge in [-0.15, -0.1) is 0 Å². The van der Waals surface area contributed by atoms with Crippen LogP contribution in [0.15, 0.2) is 42.5 Å². The lowest BCUT2D eigenvalue weighted by molar-refractivity contribution is 0.0693. The zero-order valence-corrected chi connectivity index (χ0v) is 11.3. The first-order chi connectivity index (χ1) is 9.34. The molecule has 2 rings (SSSR count). The van der Waals surface area contributed by atoms with Gasteiger partial charge in [0.15, 0.2) is 0 Å². The van der Waals surface area contributed by atoms with E-state index in [1.807, 2.05) is 13.8 Å². The summed E-state index contributed by atoms with van der Waals surface area (Å²) in [5.74, 6) is -1.23. The molecular weight excluding hydrogens is 256 g/mol. The summed E-state index contributed by atoms with van der Waals surface area (Å²) in [7, 11) is 0. The highest BCUT2D eigenvalue weighted by atomic mass is 16.4. The number of aromatic hydroxyl groups is 2. The predicted molar refractivity (Wildman–Crippen MR) is 75.3 cm³/mol. The Morgan fingerprint density at radius 2 is 1.60 bits per heavy atom. The van der Waals surface area contributed by atoms with Crippen molar-refractivity contribution in [3.8, 4) is 11.5 Å². The fourth-order valence-electron chi connectivity index (χ4n) is 2.25. The Balaban J connectivity index is 2.57. The van der Waals surface area contributed by atoms with E-state index >= 15 is 0 Å². The topological polar surface area (TPSA) is 77.8 Å². The quantitative estimate of drug-likeness (QED) is 0.802. The first-order valence-corrected chi connectivity index (χ1v) is 6.19. The van der Waals surface area contributed by atoms with Crippen molar-refractivity contribution < 1.29 is 20.1 Å². The number of hydrogen-bond donors (Lipinski definition) is 3. The maximum absolute atomic E-state index is 11.1. The average Bonchev–Trinajstić information content (AvgIpc) is 2.38. The van der Waals surface area contributed by atoms with Crippen molar-refractivity contribution in [2.75, 3.05) is 0 Å². The normalized spacial score (nSPS) is 11.3. The highest BCUT2D eigenvalue weighted by Gasteiger charge is 2.28. The lowest BCUT2D eigenvalue weighted by Gasteiger charge is -2.27. The van der Waals surface area contributed by atoms with Crippen LogP contribution in [0.2, 0.25) is 0 Å². The maximum atomic E-state index is 11.1. The van der Waals surface area contributed by atoms with Gasteiger partial charge in [0.2, 0.25) is 0 Å². The van der Waals surface area contributed by atoms with Gasteiger partial charge in [0, 0.05) is 11.0 Å². The Hall–Kier alpha value is -2.49. The molecule has 0 amide bonds. The molecule has 0 atom stereocenters. The van der Waals surface area contributed by atoms with Gasteiger partial charge < -0.3 is 15.3 Å². The van der Waals surface area contributed by atoms with E-state index in [1.54, 1.807) is 36.4 Å². The summed E-state index contributed by atoms with van der Waals surface area (Å²) in [6, 6.07) is 11.3. The first kappa shape index (κ1) is 13.9. The molecule has 2 aromatic rings. The fraction of sp³-hybridized carbons (Fsp3) is 0.188. The molecular formula is C16H16O4. The molecule has 3 N–H and O–H groups in total. The van der Waals surface area contributed by atoms with Crippen molar-refractivity contribution in [1.82, 2.24) is 0 Å². The smallest absolute Gasteiger partial charge is 0.339 e. The van der Waals surface area contributed by atoms with Crippen LogP contribution in [-0.2, 0) is 5.41 Å². The van der Waals surface area contributed by atoms with Gasteiger partial charge in [-0.2, -0.15) is 0 Å². The second kappa shape index (κ2) is 4.89. The lowest BCUT2D eigenvalue weighted by atomic mass is 9.77. The highest BCUT2D eigenvalue weighted by molar-refractivity contribution is 5.91. The fourth-order valence-corrected chi connectivity index (χ4v) is 2.25. The van der Waals surface area contributed by atoms with E-state index in [2.05, 4.69) is 0 Å². The number of aromatic carboxylic acids is 1. The van der Waals surface area contributed by atoms with Crippen LogP contribution in [0, 0.1) is 0 Å². The van der Waals surface area contributed by atoms with Gasteiger partial charge in [-0.05, 0) is 23.8 Å². The molecule has 4 heteroatoms. The van der Waals surface area contributed by atoms with Crippen LogP contribution >= 0.6 is 0 Å². The van der Waals surface area contributed by atoms with Gasteiger partial charge in [0.25, 0.3) is 0 Å². The Morgan fingerprint density at radius 1 is 1.00 bits per heavy atom. The third-order valence-electron chi connectivity index (χ3n) is 3.53. The van der Waals surface area contributed by atoms with Gasteiger partial charge in [-0.1, -0.05) is 38.1 Å². The minimum absolute atomic E-state index is 0.116. The summed E-state index contributed by atoms with van der Waals surface area (Å²) in [4.78, 5) is 11.1. The largest absolute Gasteiger partial charge is 0.508 e. The molecule has 0 bridgehead atoms. The minimum Gasteiger partial charge on any atom is -0.508 e. The van der Waals surface area contributed by atoms with Crippen molar-refractivity contribution >= 4 is 5.97 Å². The van der Waals surface area contributed by atoms with E-state index in [1.165, 1.54) is 6.07 Å². The van der Waals surface area contributed by atoms with Gasteiger partial charge in [-0.25, -0.2) is 4.79 Å². The molecule has 0 aliphatic carbocycles. The third-order valence-corrected chi connectivity index (χ3v) is 3.53. The monoisotopic (exact) mass is 272 g/mol. The number of hydrogen-bond acceptors (Lipinski definition) is 3. The number of carbonyl (C=O) groups is 1. The SMILES string of the molecule is CC(C)(c1ccc(O)cc1)c1cccc(C(=O)O)c1O. The zero-order valence-electron chi connectivity index (χ0n) is 11.3. The first-order valence-electron chi connectivity index (χ1n) is 6.19. The van der Waals surface area contributed by atoms with Gasteiger partial charge in [0.05, 0.1) is 0 Å². The molecule has 0 aliphatic rings. The molecule has 104 valence electrons. The van der Waals surface area contributed by atoms with E-state index < -0.39 is 11.4 Å². The average molecular weight is 272 g/mol. The number of rotatable bonds is 3. The third kappa shape index (κ3) is 2.32.